The van der Waals surface area contributed by atoms with Gasteiger partial charge in [0.05, 0.1) is 11.2 Å². The standard InChI is InChI=1S/C21H20ClF3N4O2/c22-13-9-12-10-18(29-19(12)17(11-13)27-15-5-7-26-8-6-15)20(30)28-14-1-3-16(4-2-14)31-21(23,24)25/h1-4,9-11,15,26-27,29H,5-8H2,(H,28,30). The summed E-state index contributed by atoms with van der Waals surface area (Å²) in [6.07, 6.45) is -2.80. The lowest BCUT2D eigenvalue weighted by molar-refractivity contribution is -0.274. The third kappa shape index (κ3) is 5.42. The number of aromatic amines is 1. The van der Waals surface area contributed by atoms with Gasteiger partial charge in [-0.15, -0.1) is 13.2 Å². The zero-order valence-corrected chi connectivity index (χ0v) is 17.0. The van der Waals surface area contributed by atoms with Crippen LogP contribution in [0.1, 0.15) is 23.3 Å². The van der Waals surface area contributed by atoms with Gasteiger partial charge in [0.15, 0.2) is 0 Å². The molecule has 0 aliphatic carbocycles. The second kappa shape index (κ2) is 8.68. The van der Waals surface area contributed by atoms with Crippen molar-refractivity contribution < 1.29 is 22.7 Å². The van der Waals surface area contributed by atoms with Crippen molar-refractivity contribution in [2.75, 3.05) is 23.7 Å². The molecule has 0 unspecified atom stereocenters. The van der Waals surface area contributed by atoms with Gasteiger partial charge in [0.25, 0.3) is 5.91 Å². The third-order valence-electron chi connectivity index (χ3n) is 4.98. The highest BCUT2D eigenvalue weighted by atomic mass is 35.5. The molecule has 0 saturated carbocycles. The number of piperidine rings is 1. The molecule has 0 atom stereocenters. The van der Waals surface area contributed by atoms with E-state index in [9.17, 15) is 18.0 Å². The van der Waals surface area contributed by atoms with Crippen LogP contribution in [0.5, 0.6) is 5.75 Å². The van der Waals surface area contributed by atoms with Crippen LogP contribution in [0.2, 0.25) is 5.02 Å². The van der Waals surface area contributed by atoms with Crippen molar-refractivity contribution in [2.45, 2.75) is 25.2 Å². The molecule has 10 heteroatoms. The number of amides is 1. The van der Waals surface area contributed by atoms with Gasteiger partial charge >= 0.3 is 6.36 Å². The smallest absolute Gasteiger partial charge is 0.406 e. The Bertz CT molecular complexity index is 1080. The van der Waals surface area contributed by atoms with Crippen LogP contribution in [0, 0.1) is 0 Å². The molecule has 0 radical (unpaired) electrons. The zero-order valence-electron chi connectivity index (χ0n) is 16.3. The molecule has 2 heterocycles. The fourth-order valence-corrected chi connectivity index (χ4v) is 3.79. The van der Waals surface area contributed by atoms with E-state index >= 15 is 0 Å². The Labute approximate surface area is 181 Å². The lowest BCUT2D eigenvalue weighted by Crippen LogP contribution is -2.35. The van der Waals surface area contributed by atoms with Crippen molar-refractivity contribution >= 4 is 39.8 Å². The zero-order chi connectivity index (χ0) is 22.0. The molecule has 1 aromatic heterocycles. The average molecular weight is 453 g/mol. The SMILES string of the molecule is O=C(Nc1ccc(OC(F)(F)F)cc1)c1cc2cc(Cl)cc(NC3CCNCC3)c2[nH]1. The van der Waals surface area contributed by atoms with Gasteiger partial charge in [0.2, 0.25) is 0 Å². The Hall–Kier alpha value is -2.91. The summed E-state index contributed by atoms with van der Waals surface area (Å²) in [5, 5.41) is 10.8. The van der Waals surface area contributed by atoms with Gasteiger partial charge in [0, 0.05) is 22.1 Å². The van der Waals surface area contributed by atoms with Crippen LogP contribution in [0.15, 0.2) is 42.5 Å². The molecule has 1 saturated heterocycles. The Morgan fingerprint density at radius 2 is 1.81 bits per heavy atom. The molecule has 164 valence electrons. The summed E-state index contributed by atoms with van der Waals surface area (Å²) in [4.78, 5) is 15.8. The summed E-state index contributed by atoms with van der Waals surface area (Å²) < 4.78 is 40.6. The Balaban J connectivity index is 1.51. The van der Waals surface area contributed by atoms with Crippen LogP contribution in [-0.4, -0.2) is 36.4 Å². The molecule has 31 heavy (non-hydrogen) atoms. The number of ether oxygens (including phenoxy) is 1. The highest BCUT2D eigenvalue weighted by molar-refractivity contribution is 6.32. The lowest BCUT2D eigenvalue weighted by Gasteiger charge is -2.25. The third-order valence-corrected chi connectivity index (χ3v) is 5.20. The summed E-state index contributed by atoms with van der Waals surface area (Å²) in [6, 6.07) is 10.5. The summed E-state index contributed by atoms with van der Waals surface area (Å²) in [5.74, 6) is -0.788. The van der Waals surface area contributed by atoms with E-state index in [0.717, 1.165) is 54.7 Å². The monoisotopic (exact) mass is 452 g/mol. The number of hydrogen-bond acceptors (Lipinski definition) is 4. The first-order valence-electron chi connectivity index (χ1n) is 9.73. The highest BCUT2D eigenvalue weighted by Crippen LogP contribution is 2.30. The molecule has 1 fully saturated rings. The number of alkyl halides is 3. The van der Waals surface area contributed by atoms with Crippen LogP contribution in [0.25, 0.3) is 10.9 Å². The number of benzene rings is 2. The highest BCUT2D eigenvalue weighted by Gasteiger charge is 2.31. The summed E-state index contributed by atoms with van der Waals surface area (Å²) in [5.41, 5.74) is 2.23. The molecule has 6 nitrogen and oxygen atoms in total. The number of fused-ring (bicyclic) bond motifs is 1. The molecule has 4 N–H and O–H groups in total. The van der Waals surface area contributed by atoms with Gasteiger partial charge in [-0.05, 0) is 68.4 Å². The number of halogens is 4. The van der Waals surface area contributed by atoms with Gasteiger partial charge in [-0.1, -0.05) is 11.6 Å². The number of hydrogen-bond donors (Lipinski definition) is 4. The number of aromatic nitrogens is 1. The first kappa shape index (κ1) is 21.3. The number of nitrogens with one attached hydrogen (secondary N) is 4. The van der Waals surface area contributed by atoms with Gasteiger partial charge in [0.1, 0.15) is 11.4 Å². The molecule has 1 amide bonds. The maximum atomic E-state index is 12.7. The number of rotatable bonds is 5. The number of carbonyl (C=O) groups excluding carboxylic acids is 1. The molecule has 4 rings (SSSR count). The summed E-state index contributed by atoms with van der Waals surface area (Å²) in [7, 11) is 0. The van der Waals surface area contributed by atoms with E-state index < -0.39 is 12.3 Å². The van der Waals surface area contributed by atoms with E-state index in [2.05, 4.69) is 25.7 Å². The molecule has 1 aliphatic rings. The topological polar surface area (TPSA) is 78.2 Å². The molecule has 1 aliphatic heterocycles. The Morgan fingerprint density at radius 3 is 2.48 bits per heavy atom. The van der Waals surface area contributed by atoms with Crippen molar-refractivity contribution in [1.82, 2.24) is 10.3 Å². The van der Waals surface area contributed by atoms with Gasteiger partial charge in [-0.3, -0.25) is 4.79 Å². The van der Waals surface area contributed by atoms with Crippen LogP contribution in [0.4, 0.5) is 24.5 Å². The van der Waals surface area contributed by atoms with E-state index in [-0.39, 0.29) is 5.75 Å². The number of carbonyl (C=O) groups is 1. The van der Waals surface area contributed by atoms with E-state index in [4.69, 9.17) is 11.6 Å². The van der Waals surface area contributed by atoms with E-state index in [1.807, 2.05) is 6.07 Å². The summed E-state index contributed by atoms with van der Waals surface area (Å²) in [6.45, 7) is 1.87. The van der Waals surface area contributed by atoms with Crippen molar-refractivity contribution in [3.8, 4) is 5.75 Å². The fourth-order valence-electron chi connectivity index (χ4n) is 3.57. The Kier molecular flexibility index (Phi) is 5.97. The fraction of sp³-hybridized carbons (Fsp3) is 0.286. The van der Waals surface area contributed by atoms with Crippen molar-refractivity contribution in [3.05, 3.63) is 53.2 Å². The quantitative estimate of drug-likeness (QED) is 0.432. The van der Waals surface area contributed by atoms with Crippen LogP contribution < -0.4 is 20.7 Å². The summed E-state index contributed by atoms with van der Waals surface area (Å²) >= 11 is 6.26. The lowest BCUT2D eigenvalue weighted by atomic mass is 10.1. The van der Waals surface area contributed by atoms with E-state index in [0.29, 0.717) is 22.4 Å². The maximum absolute atomic E-state index is 12.7. The minimum absolute atomic E-state index is 0.306. The second-order valence-electron chi connectivity index (χ2n) is 7.30. The van der Waals surface area contributed by atoms with Gasteiger partial charge < -0.3 is 25.7 Å². The Morgan fingerprint density at radius 1 is 1.10 bits per heavy atom. The largest absolute Gasteiger partial charge is 0.573 e. The first-order valence-corrected chi connectivity index (χ1v) is 10.1. The average Bonchev–Trinajstić information content (AvgIpc) is 3.13. The number of H-pyrrole nitrogens is 1. The second-order valence-corrected chi connectivity index (χ2v) is 7.73. The van der Waals surface area contributed by atoms with E-state index in [1.165, 1.54) is 12.1 Å². The predicted octanol–water partition coefficient (Wildman–Crippen LogP) is 5.14. The molecular weight excluding hydrogens is 433 g/mol. The van der Waals surface area contributed by atoms with Gasteiger partial charge in [-0.25, -0.2) is 0 Å². The minimum atomic E-state index is -4.77. The predicted molar refractivity (Wildman–Crippen MR) is 114 cm³/mol. The molecule has 0 spiro atoms. The molecule has 2 aromatic carbocycles. The molecule has 0 bridgehead atoms. The normalized spacial score (nSPS) is 15.1. The number of anilines is 2. The van der Waals surface area contributed by atoms with Crippen LogP contribution in [0.3, 0.4) is 0 Å². The van der Waals surface area contributed by atoms with E-state index in [1.54, 1.807) is 12.1 Å². The van der Waals surface area contributed by atoms with Crippen LogP contribution in [-0.2, 0) is 0 Å². The van der Waals surface area contributed by atoms with Crippen molar-refractivity contribution in [1.29, 1.82) is 0 Å². The molecule has 3 aromatic rings. The first-order chi connectivity index (χ1) is 14.8. The maximum Gasteiger partial charge on any atom is 0.573 e. The van der Waals surface area contributed by atoms with Gasteiger partial charge in [-0.2, -0.15) is 0 Å². The molecular formula is C21H20ClF3N4O2. The van der Waals surface area contributed by atoms with Crippen molar-refractivity contribution in [2.24, 2.45) is 0 Å². The minimum Gasteiger partial charge on any atom is -0.406 e. The van der Waals surface area contributed by atoms with Crippen molar-refractivity contribution in [3.63, 3.8) is 0 Å². The van der Waals surface area contributed by atoms with Crippen LogP contribution >= 0.6 is 11.6 Å².